The Hall–Kier alpha value is -1.27. The maximum absolute atomic E-state index is 12.2. The highest BCUT2D eigenvalue weighted by molar-refractivity contribution is 5.51. The standard InChI is InChI=1S/C8H8F3NO2/c1-5-2-3-6(8(9,10)11)4-7(5)12(13)14/h2-4,13-14H,1H3. The molecular formula is C8H8F3NO2. The van der Waals surface area contributed by atoms with Gasteiger partial charge in [-0.2, -0.15) is 13.2 Å². The molecule has 0 spiro atoms. The highest BCUT2D eigenvalue weighted by atomic mass is 19.4. The molecule has 0 amide bonds. The van der Waals surface area contributed by atoms with Gasteiger partial charge in [-0.25, -0.2) is 0 Å². The van der Waals surface area contributed by atoms with E-state index < -0.39 is 11.7 Å². The number of hydrogen-bond donors (Lipinski definition) is 2. The minimum absolute atomic E-state index is 0.292. The molecule has 1 aromatic rings. The molecule has 0 aliphatic rings. The summed E-state index contributed by atoms with van der Waals surface area (Å²) in [4.78, 5) is 0. The Morgan fingerprint density at radius 1 is 1.21 bits per heavy atom. The van der Waals surface area contributed by atoms with E-state index in [1.54, 1.807) is 0 Å². The smallest absolute Gasteiger partial charge is 0.264 e. The van der Waals surface area contributed by atoms with Crippen LogP contribution < -0.4 is 5.23 Å². The molecule has 0 aliphatic carbocycles. The van der Waals surface area contributed by atoms with E-state index in [0.29, 0.717) is 11.6 Å². The van der Waals surface area contributed by atoms with Crippen molar-refractivity contribution in [2.75, 3.05) is 5.23 Å². The van der Waals surface area contributed by atoms with Crippen LogP contribution in [0.2, 0.25) is 0 Å². The number of aryl methyl sites for hydroxylation is 1. The Balaban J connectivity index is 3.20. The molecule has 0 aromatic heterocycles. The number of anilines is 1. The number of alkyl halides is 3. The Morgan fingerprint density at radius 2 is 1.79 bits per heavy atom. The Kier molecular flexibility index (Phi) is 2.68. The van der Waals surface area contributed by atoms with Crippen molar-refractivity contribution in [1.29, 1.82) is 0 Å². The minimum atomic E-state index is -4.49. The molecule has 6 heteroatoms. The molecule has 3 nitrogen and oxygen atoms in total. The van der Waals surface area contributed by atoms with E-state index in [1.165, 1.54) is 6.92 Å². The molecule has 0 saturated heterocycles. The first-order valence-electron chi connectivity index (χ1n) is 3.68. The lowest BCUT2D eigenvalue weighted by Gasteiger charge is -2.14. The van der Waals surface area contributed by atoms with Crippen molar-refractivity contribution >= 4 is 5.69 Å². The predicted octanol–water partition coefficient (Wildman–Crippen LogP) is 2.60. The van der Waals surface area contributed by atoms with Gasteiger partial charge in [0.25, 0.3) is 0 Å². The van der Waals surface area contributed by atoms with E-state index in [4.69, 9.17) is 10.4 Å². The maximum Gasteiger partial charge on any atom is 0.416 e. The van der Waals surface area contributed by atoms with Crippen LogP contribution in [0.25, 0.3) is 0 Å². The first-order chi connectivity index (χ1) is 6.32. The zero-order valence-corrected chi connectivity index (χ0v) is 7.21. The molecule has 0 fully saturated rings. The lowest BCUT2D eigenvalue weighted by atomic mass is 10.1. The normalized spacial score (nSPS) is 11.6. The highest BCUT2D eigenvalue weighted by Gasteiger charge is 2.31. The zero-order chi connectivity index (χ0) is 10.9. The molecule has 0 unspecified atom stereocenters. The van der Waals surface area contributed by atoms with Gasteiger partial charge in [0.15, 0.2) is 0 Å². The van der Waals surface area contributed by atoms with E-state index >= 15 is 0 Å². The van der Waals surface area contributed by atoms with Crippen molar-refractivity contribution in [3.63, 3.8) is 0 Å². The van der Waals surface area contributed by atoms with Gasteiger partial charge in [-0.15, -0.1) is 5.23 Å². The SMILES string of the molecule is Cc1ccc(C(F)(F)F)cc1N(O)O. The fourth-order valence-corrected chi connectivity index (χ4v) is 1.00. The lowest BCUT2D eigenvalue weighted by molar-refractivity contribution is -0.137. The van der Waals surface area contributed by atoms with Crippen molar-refractivity contribution in [3.8, 4) is 0 Å². The van der Waals surface area contributed by atoms with Crippen LogP contribution in [-0.4, -0.2) is 10.4 Å². The number of nitrogens with zero attached hydrogens (tertiary/aromatic N) is 1. The minimum Gasteiger partial charge on any atom is -0.264 e. The third-order valence-corrected chi connectivity index (χ3v) is 1.75. The summed E-state index contributed by atoms with van der Waals surface area (Å²) in [5, 5.41) is 16.9. The Labute approximate surface area is 77.9 Å². The summed E-state index contributed by atoms with van der Waals surface area (Å²) in [6, 6.07) is 2.70. The van der Waals surface area contributed by atoms with Crippen LogP contribution in [-0.2, 0) is 6.18 Å². The van der Waals surface area contributed by atoms with Crippen LogP contribution in [0.15, 0.2) is 18.2 Å². The molecule has 1 aromatic carbocycles. The molecule has 0 heterocycles. The fourth-order valence-electron chi connectivity index (χ4n) is 1.00. The van der Waals surface area contributed by atoms with Crippen molar-refractivity contribution in [3.05, 3.63) is 29.3 Å². The summed E-state index contributed by atoms with van der Waals surface area (Å²) >= 11 is 0. The molecular weight excluding hydrogens is 199 g/mol. The summed E-state index contributed by atoms with van der Waals surface area (Å²) in [6.45, 7) is 1.47. The van der Waals surface area contributed by atoms with Gasteiger partial charge in [-0.1, -0.05) is 6.07 Å². The summed E-state index contributed by atoms with van der Waals surface area (Å²) in [5.74, 6) is 0. The molecule has 0 atom stereocenters. The van der Waals surface area contributed by atoms with E-state index in [-0.39, 0.29) is 10.9 Å². The quantitative estimate of drug-likeness (QED) is 0.695. The van der Waals surface area contributed by atoms with Gasteiger partial charge in [-0.05, 0) is 24.6 Å². The average molecular weight is 207 g/mol. The molecule has 0 saturated carbocycles. The number of rotatable bonds is 1. The van der Waals surface area contributed by atoms with E-state index in [1.807, 2.05) is 0 Å². The van der Waals surface area contributed by atoms with Crippen LogP contribution in [0.1, 0.15) is 11.1 Å². The van der Waals surface area contributed by atoms with Crippen molar-refractivity contribution < 1.29 is 23.6 Å². The topological polar surface area (TPSA) is 43.7 Å². The summed E-state index contributed by atoms with van der Waals surface area (Å²) in [7, 11) is 0. The molecule has 0 radical (unpaired) electrons. The number of hydrogen-bond acceptors (Lipinski definition) is 3. The Morgan fingerprint density at radius 3 is 2.21 bits per heavy atom. The summed E-state index contributed by atoms with van der Waals surface area (Å²) in [6.07, 6.45) is -4.49. The number of benzene rings is 1. The second kappa shape index (κ2) is 3.47. The number of halogens is 3. The van der Waals surface area contributed by atoms with Gasteiger partial charge < -0.3 is 0 Å². The molecule has 2 N–H and O–H groups in total. The first kappa shape index (κ1) is 10.8. The summed E-state index contributed by atoms with van der Waals surface area (Å²) in [5.41, 5.74) is -0.881. The second-order valence-corrected chi connectivity index (χ2v) is 2.79. The fraction of sp³-hybridized carbons (Fsp3) is 0.250. The van der Waals surface area contributed by atoms with Gasteiger partial charge in [0.2, 0.25) is 0 Å². The third-order valence-electron chi connectivity index (χ3n) is 1.75. The van der Waals surface area contributed by atoms with Crippen LogP contribution >= 0.6 is 0 Å². The van der Waals surface area contributed by atoms with Crippen molar-refractivity contribution in [2.45, 2.75) is 13.1 Å². The predicted molar refractivity (Wildman–Crippen MR) is 42.2 cm³/mol. The Bertz CT molecular complexity index is 336. The molecule has 14 heavy (non-hydrogen) atoms. The van der Waals surface area contributed by atoms with Gasteiger partial charge in [0, 0.05) is 0 Å². The van der Waals surface area contributed by atoms with Crippen LogP contribution in [0, 0.1) is 6.92 Å². The molecule has 1 rings (SSSR count). The third kappa shape index (κ3) is 2.15. The second-order valence-electron chi connectivity index (χ2n) is 2.79. The monoisotopic (exact) mass is 207 g/mol. The van der Waals surface area contributed by atoms with E-state index in [2.05, 4.69) is 0 Å². The van der Waals surface area contributed by atoms with E-state index in [9.17, 15) is 13.2 Å². The van der Waals surface area contributed by atoms with Crippen molar-refractivity contribution in [1.82, 2.24) is 0 Å². The van der Waals surface area contributed by atoms with Gasteiger partial charge in [0.05, 0.1) is 11.3 Å². The van der Waals surface area contributed by atoms with E-state index in [0.717, 1.165) is 12.1 Å². The van der Waals surface area contributed by atoms with Crippen LogP contribution in [0.5, 0.6) is 0 Å². The summed E-state index contributed by atoms with van der Waals surface area (Å²) < 4.78 is 36.5. The zero-order valence-electron chi connectivity index (χ0n) is 7.21. The molecule has 78 valence electrons. The maximum atomic E-state index is 12.2. The van der Waals surface area contributed by atoms with Gasteiger partial charge in [-0.3, -0.25) is 10.4 Å². The van der Waals surface area contributed by atoms with Gasteiger partial charge in [0.1, 0.15) is 0 Å². The molecule has 0 aliphatic heterocycles. The largest absolute Gasteiger partial charge is 0.416 e. The van der Waals surface area contributed by atoms with Gasteiger partial charge >= 0.3 is 6.18 Å². The van der Waals surface area contributed by atoms with Crippen molar-refractivity contribution in [2.24, 2.45) is 0 Å². The van der Waals surface area contributed by atoms with Crippen LogP contribution in [0.3, 0.4) is 0 Å². The highest BCUT2D eigenvalue weighted by Crippen LogP contribution is 2.32. The van der Waals surface area contributed by atoms with Crippen LogP contribution in [0.4, 0.5) is 18.9 Å². The molecule has 0 bridgehead atoms. The first-order valence-corrected chi connectivity index (χ1v) is 3.68. The lowest BCUT2D eigenvalue weighted by Crippen LogP contribution is -2.14. The average Bonchev–Trinajstić information content (AvgIpc) is 2.02.